The number of hydrogen-bond acceptors (Lipinski definition) is 10. The van der Waals surface area contributed by atoms with E-state index in [4.69, 9.17) is 9.47 Å². The summed E-state index contributed by atoms with van der Waals surface area (Å²) in [6.45, 7) is 0. The molecule has 4 aromatic carbocycles. The number of nitro benzene ring substituents is 4. The van der Waals surface area contributed by atoms with Crippen molar-refractivity contribution < 1.29 is 55.5 Å². The van der Waals surface area contributed by atoms with Crippen LogP contribution in [0.1, 0.15) is 11.1 Å². The third-order valence-corrected chi connectivity index (χ3v) is 5.78. The Balaban J connectivity index is 1.82. The van der Waals surface area contributed by atoms with Gasteiger partial charge < -0.3 is 9.47 Å². The molecule has 0 aliphatic carbocycles. The largest absolute Gasteiger partial charge is 0.444 e. The Morgan fingerprint density at radius 2 is 0.955 bits per heavy atom. The van der Waals surface area contributed by atoms with E-state index in [1.165, 1.54) is 12.1 Å². The smallest absolute Gasteiger partial charge is 0.416 e. The second-order valence-electron chi connectivity index (χ2n) is 8.55. The third-order valence-electron chi connectivity index (χ3n) is 5.78. The van der Waals surface area contributed by atoms with Crippen molar-refractivity contribution in [3.8, 4) is 23.0 Å². The highest BCUT2D eigenvalue weighted by Crippen LogP contribution is 2.47. The SMILES string of the molecule is O=[N+]([O-])c1cc(C(F)(F)F)cc([N+](=O)[O-])c1Oc1ccc2c(Oc3c([N+](=O)[O-])cc(C(F)(F)F)cc3[N+](=O)[O-])cccc2c1. The Morgan fingerprint density at radius 1 is 0.545 bits per heavy atom. The number of benzene rings is 4. The van der Waals surface area contributed by atoms with Gasteiger partial charge in [-0.2, -0.15) is 26.3 Å². The van der Waals surface area contributed by atoms with Crippen LogP contribution in [0.25, 0.3) is 10.8 Å². The quantitative estimate of drug-likeness (QED) is 0.105. The molecule has 0 aromatic heterocycles. The maximum absolute atomic E-state index is 13.2. The molecule has 0 bridgehead atoms. The standard InChI is InChI=1S/C24H10F6N4O10/c25-23(26,27)12-7-16(31(35)36)21(17(8-12)32(37)38)43-14-4-5-15-11(6-14)2-1-3-20(15)44-22-18(33(39)40)9-13(24(28,29)30)10-19(22)34(41)42/h1-10H. The lowest BCUT2D eigenvalue weighted by Crippen LogP contribution is -2.08. The second kappa shape index (κ2) is 11.0. The molecule has 14 nitrogen and oxygen atoms in total. The van der Waals surface area contributed by atoms with Gasteiger partial charge in [0.2, 0.25) is 0 Å². The molecule has 0 radical (unpaired) electrons. The van der Waals surface area contributed by atoms with Crippen LogP contribution in [0.5, 0.6) is 23.0 Å². The number of alkyl halides is 6. The normalized spacial score (nSPS) is 11.7. The molecule has 0 fully saturated rings. The van der Waals surface area contributed by atoms with E-state index in [1.807, 2.05) is 0 Å². The van der Waals surface area contributed by atoms with Crippen LogP contribution in [-0.4, -0.2) is 19.7 Å². The van der Waals surface area contributed by atoms with Crippen LogP contribution in [0.3, 0.4) is 0 Å². The molecule has 20 heteroatoms. The van der Waals surface area contributed by atoms with Crippen molar-refractivity contribution in [2.45, 2.75) is 12.4 Å². The molecule has 4 aromatic rings. The summed E-state index contributed by atoms with van der Waals surface area (Å²) < 4.78 is 89.9. The summed E-state index contributed by atoms with van der Waals surface area (Å²) in [7, 11) is 0. The predicted molar refractivity (Wildman–Crippen MR) is 134 cm³/mol. The Hall–Kier alpha value is -6.08. The van der Waals surface area contributed by atoms with Crippen LogP contribution in [0.15, 0.2) is 60.7 Å². The van der Waals surface area contributed by atoms with E-state index < -0.39 is 77.4 Å². The van der Waals surface area contributed by atoms with Crippen molar-refractivity contribution in [2.75, 3.05) is 0 Å². The second-order valence-corrected chi connectivity index (χ2v) is 8.55. The lowest BCUT2D eigenvalue weighted by molar-refractivity contribution is -0.396. The van der Waals surface area contributed by atoms with E-state index in [0.717, 1.165) is 24.3 Å². The van der Waals surface area contributed by atoms with Gasteiger partial charge in [-0.1, -0.05) is 12.1 Å². The zero-order valence-electron chi connectivity index (χ0n) is 20.9. The first kappa shape index (κ1) is 30.9. The molecule has 0 unspecified atom stereocenters. The van der Waals surface area contributed by atoms with Gasteiger partial charge in [0.1, 0.15) is 11.5 Å². The fourth-order valence-corrected chi connectivity index (χ4v) is 3.89. The number of nitro groups is 4. The van der Waals surface area contributed by atoms with E-state index in [2.05, 4.69) is 0 Å². The Kier molecular flexibility index (Phi) is 7.69. The summed E-state index contributed by atoms with van der Waals surface area (Å²) in [5.74, 6) is -3.02. The molecular formula is C24H10F6N4O10. The minimum atomic E-state index is -5.18. The van der Waals surface area contributed by atoms with E-state index >= 15 is 0 Å². The molecule has 0 amide bonds. The van der Waals surface area contributed by atoms with Crippen molar-refractivity contribution in [3.63, 3.8) is 0 Å². The zero-order chi connectivity index (χ0) is 32.7. The lowest BCUT2D eigenvalue weighted by Gasteiger charge is -2.13. The summed E-state index contributed by atoms with van der Waals surface area (Å²) >= 11 is 0. The van der Waals surface area contributed by atoms with E-state index in [0.29, 0.717) is 0 Å². The Morgan fingerprint density at radius 3 is 1.34 bits per heavy atom. The fourth-order valence-electron chi connectivity index (χ4n) is 3.89. The average Bonchev–Trinajstić information content (AvgIpc) is 2.91. The predicted octanol–water partition coefficient (Wildman–Crippen LogP) is 8.09. The topological polar surface area (TPSA) is 191 Å². The summed E-state index contributed by atoms with van der Waals surface area (Å²) in [5, 5.41) is 46.1. The summed E-state index contributed by atoms with van der Waals surface area (Å²) in [6.07, 6.45) is -10.4. The molecule has 44 heavy (non-hydrogen) atoms. The molecule has 0 aliphatic rings. The van der Waals surface area contributed by atoms with Crippen LogP contribution in [0.2, 0.25) is 0 Å². The first-order chi connectivity index (χ1) is 20.4. The van der Waals surface area contributed by atoms with Crippen LogP contribution in [0.4, 0.5) is 49.1 Å². The minimum Gasteiger partial charge on any atom is -0.444 e. The lowest BCUT2D eigenvalue weighted by atomic mass is 10.1. The van der Waals surface area contributed by atoms with E-state index in [-0.39, 0.29) is 46.5 Å². The van der Waals surface area contributed by atoms with Crippen molar-refractivity contribution in [3.05, 3.63) is 112 Å². The maximum atomic E-state index is 13.2. The minimum absolute atomic E-state index is 0.000220. The van der Waals surface area contributed by atoms with Crippen LogP contribution >= 0.6 is 0 Å². The molecule has 0 N–H and O–H groups in total. The van der Waals surface area contributed by atoms with Gasteiger partial charge in [0.05, 0.1) is 30.8 Å². The van der Waals surface area contributed by atoms with Gasteiger partial charge in [0.15, 0.2) is 0 Å². The molecular weight excluding hydrogens is 618 g/mol. The van der Waals surface area contributed by atoms with Crippen molar-refractivity contribution in [1.29, 1.82) is 0 Å². The maximum Gasteiger partial charge on any atom is 0.416 e. The number of nitrogens with zero attached hydrogens (tertiary/aromatic N) is 4. The van der Waals surface area contributed by atoms with Gasteiger partial charge in [0, 0.05) is 29.7 Å². The van der Waals surface area contributed by atoms with Gasteiger partial charge in [0.25, 0.3) is 11.5 Å². The van der Waals surface area contributed by atoms with Crippen molar-refractivity contribution in [1.82, 2.24) is 0 Å². The molecule has 0 atom stereocenters. The van der Waals surface area contributed by atoms with Gasteiger partial charge in [-0.25, -0.2) is 0 Å². The summed E-state index contributed by atoms with van der Waals surface area (Å²) in [5.41, 5.74) is -8.91. The molecule has 0 heterocycles. The van der Waals surface area contributed by atoms with Gasteiger partial charge in [-0.3, -0.25) is 40.5 Å². The Bertz CT molecular complexity index is 1810. The van der Waals surface area contributed by atoms with Gasteiger partial charge in [-0.15, -0.1) is 0 Å². The van der Waals surface area contributed by atoms with E-state index in [1.54, 1.807) is 0 Å². The first-order valence-electron chi connectivity index (χ1n) is 11.3. The van der Waals surface area contributed by atoms with Crippen LogP contribution in [0, 0.1) is 40.5 Å². The zero-order valence-corrected chi connectivity index (χ0v) is 20.9. The van der Waals surface area contributed by atoms with Crippen LogP contribution < -0.4 is 9.47 Å². The van der Waals surface area contributed by atoms with Crippen molar-refractivity contribution >= 4 is 33.5 Å². The highest BCUT2D eigenvalue weighted by atomic mass is 19.4. The Labute approximate surface area is 237 Å². The number of ether oxygens (including phenoxy) is 2. The number of rotatable bonds is 8. The average molecular weight is 628 g/mol. The molecule has 0 aliphatic heterocycles. The highest BCUT2D eigenvalue weighted by molar-refractivity contribution is 5.90. The monoisotopic (exact) mass is 628 g/mol. The number of fused-ring (bicyclic) bond motifs is 1. The van der Waals surface area contributed by atoms with Crippen molar-refractivity contribution in [2.24, 2.45) is 0 Å². The van der Waals surface area contributed by atoms with E-state index in [9.17, 15) is 66.8 Å². The highest BCUT2D eigenvalue weighted by Gasteiger charge is 2.40. The first-order valence-corrected chi connectivity index (χ1v) is 11.3. The number of hydrogen-bond donors (Lipinski definition) is 0. The molecule has 228 valence electrons. The third kappa shape index (κ3) is 6.07. The fraction of sp³-hybridized carbons (Fsp3) is 0.0833. The van der Waals surface area contributed by atoms with Crippen LogP contribution in [-0.2, 0) is 12.4 Å². The summed E-state index contributed by atoms with van der Waals surface area (Å²) in [6, 6.07) is 7.05. The van der Waals surface area contributed by atoms with Gasteiger partial charge in [-0.05, 0) is 29.7 Å². The molecule has 0 saturated carbocycles. The molecule has 0 spiro atoms. The molecule has 0 saturated heterocycles. The van der Waals surface area contributed by atoms with Gasteiger partial charge >= 0.3 is 35.1 Å². The number of halogens is 6. The summed E-state index contributed by atoms with van der Waals surface area (Å²) in [4.78, 5) is 40.7. The molecule has 4 rings (SSSR count).